The lowest BCUT2D eigenvalue weighted by atomic mass is 10.1. The van der Waals surface area contributed by atoms with E-state index in [1.54, 1.807) is 12.1 Å². The van der Waals surface area contributed by atoms with Gasteiger partial charge in [0.2, 0.25) is 0 Å². The van der Waals surface area contributed by atoms with Gasteiger partial charge in [0.1, 0.15) is 0 Å². The number of hydrogen-bond acceptors (Lipinski definition) is 2. The lowest BCUT2D eigenvalue weighted by Crippen LogP contribution is -2.41. The fourth-order valence-corrected chi connectivity index (χ4v) is 2.94. The minimum Gasteiger partial charge on any atom is -0.399 e. The Kier molecular flexibility index (Phi) is 3.01. The van der Waals surface area contributed by atoms with Crippen molar-refractivity contribution in [1.29, 1.82) is 0 Å². The number of benzene rings is 1. The first-order valence-electron chi connectivity index (χ1n) is 6.90. The highest BCUT2D eigenvalue weighted by Crippen LogP contribution is 2.28. The normalized spacial score (nSPS) is 17.9. The maximum absolute atomic E-state index is 12.6. The Hall–Kier alpha value is -2.23. The molecule has 3 rings (SSSR count). The highest BCUT2D eigenvalue weighted by Gasteiger charge is 2.28. The second-order valence-electron chi connectivity index (χ2n) is 5.35. The molecule has 1 atom stereocenters. The van der Waals surface area contributed by atoms with E-state index in [4.69, 9.17) is 5.73 Å². The van der Waals surface area contributed by atoms with Crippen LogP contribution in [0.5, 0.6) is 0 Å². The Morgan fingerprint density at radius 1 is 1.25 bits per heavy atom. The van der Waals surface area contributed by atoms with Crippen LogP contribution in [0.25, 0.3) is 0 Å². The Morgan fingerprint density at radius 3 is 2.80 bits per heavy atom. The van der Waals surface area contributed by atoms with Crippen molar-refractivity contribution < 1.29 is 4.79 Å². The van der Waals surface area contributed by atoms with Crippen LogP contribution in [0.3, 0.4) is 0 Å². The van der Waals surface area contributed by atoms with Crippen LogP contribution in [0.15, 0.2) is 36.4 Å². The van der Waals surface area contributed by atoms with Gasteiger partial charge in [0.25, 0.3) is 5.91 Å². The molecule has 0 aliphatic carbocycles. The van der Waals surface area contributed by atoms with E-state index in [0.717, 1.165) is 13.1 Å². The van der Waals surface area contributed by atoms with Gasteiger partial charge in [-0.25, -0.2) is 0 Å². The van der Waals surface area contributed by atoms with Crippen LogP contribution in [0.1, 0.15) is 34.7 Å². The van der Waals surface area contributed by atoms with Gasteiger partial charge < -0.3 is 15.2 Å². The second-order valence-corrected chi connectivity index (χ2v) is 5.35. The maximum Gasteiger partial charge on any atom is 0.254 e. The molecule has 1 aliphatic heterocycles. The summed E-state index contributed by atoms with van der Waals surface area (Å²) in [6.45, 7) is 5.77. The minimum atomic E-state index is 0.0508. The van der Waals surface area contributed by atoms with E-state index in [1.165, 1.54) is 11.4 Å². The van der Waals surface area contributed by atoms with Crippen LogP contribution in [-0.2, 0) is 6.54 Å². The van der Waals surface area contributed by atoms with E-state index in [-0.39, 0.29) is 11.9 Å². The van der Waals surface area contributed by atoms with Crippen molar-refractivity contribution in [3.05, 3.63) is 53.3 Å². The summed E-state index contributed by atoms with van der Waals surface area (Å²) >= 11 is 0. The maximum atomic E-state index is 12.6. The number of hydrogen-bond donors (Lipinski definition) is 1. The van der Waals surface area contributed by atoms with Gasteiger partial charge in [0.05, 0.1) is 6.04 Å². The Balaban J connectivity index is 1.91. The summed E-state index contributed by atoms with van der Waals surface area (Å²) in [7, 11) is 0. The molecule has 0 fully saturated rings. The molecule has 1 unspecified atom stereocenters. The number of aryl methyl sites for hydroxylation is 1. The minimum absolute atomic E-state index is 0.0508. The van der Waals surface area contributed by atoms with Crippen molar-refractivity contribution in [2.75, 3.05) is 12.3 Å². The van der Waals surface area contributed by atoms with Gasteiger partial charge >= 0.3 is 0 Å². The quantitative estimate of drug-likeness (QED) is 0.809. The Morgan fingerprint density at radius 2 is 2.05 bits per heavy atom. The largest absolute Gasteiger partial charge is 0.399 e. The average Bonchev–Trinajstić information content (AvgIpc) is 2.81. The number of carbonyl (C=O) groups excluding carboxylic acids is 1. The van der Waals surface area contributed by atoms with Crippen molar-refractivity contribution in [2.45, 2.75) is 26.4 Å². The zero-order valence-electron chi connectivity index (χ0n) is 11.8. The third-order valence-corrected chi connectivity index (χ3v) is 4.09. The topological polar surface area (TPSA) is 51.3 Å². The first-order valence-corrected chi connectivity index (χ1v) is 6.90. The van der Waals surface area contributed by atoms with E-state index in [0.29, 0.717) is 11.3 Å². The number of rotatable bonds is 1. The average molecular weight is 269 g/mol. The van der Waals surface area contributed by atoms with Crippen molar-refractivity contribution in [2.24, 2.45) is 0 Å². The summed E-state index contributed by atoms with van der Waals surface area (Å²) in [5.74, 6) is 0.0508. The van der Waals surface area contributed by atoms with E-state index >= 15 is 0 Å². The molecule has 1 aromatic carbocycles. The fourth-order valence-electron chi connectivity index (χ4n) is 2.94. The first-order chi connectivity index (χ1) is 9.58. The lowest BCUT2D eigenvalue weighted by molar-refractivity contribution is 0.0643. The van der Waals surface area contributed by atoms with Gasteiger partial charge in [0.15, 0.2) is 0 Å². The number of nitrogens with two attached hydrogens (primary N) is 1. The summed E-state index contributed by atoms with van der Waals surface area (Å²) in [6, 6.07) is 11.5. The van der Waals surface area contributed by atoms with Crippen molar-refractivity contribution in [1.82, 2.24) is 9.47 Å². The van der Waals surface area contributed by atoms with Crippen molar-refractivity contribution >= 4 is 11.6 Å². The van der Waals surface area contributed by atoms with Gasteiger partial charge in [-0.15, -0.1) is 0 Å². The molecular weight excluding hydrogens is 250 g/mol. The van der Waals surface area contributed by atoms with E-state index in [2.05, 4.69) is 30.5 Å². The molecular formula is C16H19N3O. The fraction of sp³-hybridized carbons (Fsp3) is 0.312. The number of anilines is 1. The SMILES string of the molecule is Cc1ccc2n1CCN(C(=O)c1cccc(N)c1)C2C. The molecule has 2 aromatic rings. The molecule has 20 heavy (non-hydrogen) atoms. The summed E-state index contributed by atoms with van der Waals surface area (Å²) < 4.78 is 2.29. The predicted octanol–water partition coefficient (Wildman–Crippen LogP) is 2.60. The van der Waals surface area contributed by atoms with Crippen LogP contribution in [-0.4, -0.2) is 21.9 Å². The summed E-state index contributed by atoms with van der Waals surface area (Å²) in [5.41, 5.74) is 9.50. The van der Waals surface area contributed by atoms with Gasteiger partial charge in [-0.1, -0.05) is 6.07 Å². The van der Waals surface area contributed by atoms with E-state index in [1.807, 2.05) is 17.0 Å². The molecule has 1 amide bonds. The molecule has 2 heterocycles. The highest BCUT2D eigenvalue weighted by atomic mass is 16.2. The van der Waals surface area contributed by atoms with E-state index < -0.39 is 0 Å². The number of nitrogen functional groups attached to an aromatic ring is 1. The van der Waals surface area contributed by atoms with Crippen LogP contribution in [0.2, 0.25) is 0 Å². The third-order valence-electron chi connectivity index (χ3n) is 4.09. The predicted molar refractivity (Wildman–Crippen MR) is 79.5 cm³/mol. The number of fused-ring (bicyclic) bond motifs is 1. The van der Waals surface area contributed by atoms with Crippen LogP contribution < -0.4 is 5.73 Å². The molecule has 1 aromatic heterocycles. The Bertz CT molecular complexity index is 659. The number of carbonyl (C=O) groups is 1. The number of aromatic nitrogens is 1. The molecule has 4 heteroatoms. The van der Waals surface area contributed by atoms with E-state index in [9.17, 15) is 4.79 Å². The first kappa shape index (κ1) is 12.8. The van der Waals surface area contributed by atoms with Gasteiger partial charge in [-0.3, -0.25) is 4.79 Å². The molecule has 2 N–H and O–H groups in total. The van der Waals surface area contributed by atoms with Crippen LogP contribution >= 0.6 is 0 Å². The zero-order valence-corrected chi connectivity index (χ0v) is 11.8. The summed E-state index contributed by atoms with van der Waals surface area (Å²) in [5, 5.41) is 0. The second kappa shape index (κ2) is 4.71. The third kappa shape index (κ3) is 1.97. The highest BCUT2D eigenvalue weighted by molar-refractivity contribution is 5.95. The van der Waals surface area contributed by atoms with Crippen LogP contribution in [0, 0.1) is 6.92 Å². The monoisotopic (exact) mass is 269 g/mol. The summed E-state index contributed by atoms with van der Waals surface area (Å²) in [6.07, 6.45) is 0. The lowest BCUT2D eigenvalue weighted by Gasteiger charge is -2.35. The zero-order chi connectivity index (χ0) is 14.3. The molecule has 0 bridgehead atoms. The molecule has 1 aliphatic rings. The Labute approximate surface area is 118 Å². The molecule has 104 valence electrons. The van der Waals surface area contributed by atoms with Gasteiger partial charge in [-0.05, 0) is 44.2 Å². The standard InChI is InChI=1S/C16H19N3O/c1-11-6-7-15-12(2)19(9-8-18(11)15)16(20)13-4-3-5-14(17)10-13/h3-7,10,12H,8-9,17H2,1-2H3. The molecule has 0 spiro atoms. The molecule has 0 saturated heterocycles. The summed E-state index contributed by atoms with van der Waals surface area (Å²) in [4.78, 5) is 14.6. The van der Waals surface area contributed by atoms with Crippen molar-refractivity contribution in [3.63, 3.8) is 0 Å². The molecule has 0 saturated carbocycles. The molecule has 0 radical (unpaired) electrons. The van der Waals surface area contributed by atoms with Crippen molar-refractivity contribution in [3.8, 4) is 0 Å². The number of amides is 1. The smallest absolute Gasteiger partial charge is 0.254 e. The van der Waals surface area contributed by atoms with Crippen LogP contribution in [0.4, 0.5) is 5.69 Å². The molecule has 4 nitrogen and oxygen atoms in total. The van der Waals surface area contributed by atoms with Gasteiger partial charge in [0, 0.05) is 35.7 Å². The van der Waals surface area contributed by atoms with Gasteiger partial charge in [-0.2, -0.15) is 0 Å². The number of nitrogens with zero attached hydrogens (tertiary/aromatic N) is 2.